The molecule has 0 bridgehead atoms. The summed E-state index contributed by atoms with van der Waals surface area (Å²) in [6, 6.07) is 1.35. The summed E-state index contributed by atoms with van der Waals surface area (Å²) in [7, 11) is 0. The Kier molecular flexibility index (Phi) is 3.80. The Labute approximate surface area is 92.2 Å². The van der Waals surface area contributed by atoms with Crippen molar-refractivity contribution in [1.82, 2.24) is 4.98 Å². The molecule has 0 N–H and O–H groups in total. The van der Waals surface area contributed by atoms with Crippen molar-refractivity contribution in [2.45, 2.75) is 20.0 Å². The summed E-state index contributed by atoms with van der Waals surface area (Å²) in [4.78, 5) is 25.7. The van der Waals surface area contributed by atoms with Crippen LogP contribution in [0.1, 0.15) is 34.6 Å². The average Bonchev–Trinajstić information content (AvgIpc) is 2.17. The van der Waals surface area contributed by atoms with Crippen molar-refractivity contribution in [3.05, 3.63) is 28.5 Å². The van der Waals surface area contributed by atoms with E-state index in [4.69, 9.17) is 16.3 Å². The van der Waals surface area contributed by atoms with E-state index in [9.17, 15) is 9.59 Å². The largest absolute Gasteiger partial charge is 0.459 e. The van der Waals surface area contributed by atoms with Crippen LogP contribution in [0.2, 0.25) is 5.15 Å². The summed E-state index contributed by atoms with van der Waals surface area (Å²) in [5.74, 6) is -0.516. The first-order valence-electron chi connectivity index (χ1n) is 4.36. The maximum atomic E-state index is 11.4. The van der Waals surface area contributed by atoms with Crippen LogP contribution in [-0.2, 0) is 4.74 Å². The number of carbonyl (C=O) groups excluding carboxylic acids is 2. The molecule has 0 aliphatic rings. The fourth-order valence-electron chi connectivity index (χ4n) is 0.941. The van der Waals surface area contributed by atoms with Crippen molar-refractivity contribution in [2.24, 2.45) is 0 Å². The van der Waals surface area contributed by atoms with E-state index in [0.29, 0.717) is 6.29 Å². The van der Waals surface area contributed by atoms with E-state index < -0.39 is 5.97 Å². The summed E-state index contributed by atoms with van der Waals surface area (Å²) >= 11 is 5.61. The zero-order chi connectivity index (χ0) is 11.4. The Hall–Kier alpha value is -1.42. The van der Waals surface area contributed by atoms with Gasteiger partial charge < -0.3 is 4.74 Å². The van der Waals surface area contributed by atoms with Crippen molar-refractivity contribution in [1.29, 1.82) is 0 Å². The first-order valence-corrected chi connectivity index (χ1v) is 4.74. The van der Waals surface area contributed by atoms with E-state index in [1.165, 1.54) is 12.3 Å². The molecule has 1 heterocycles. The smallest absolute Gasteiger partial charge is 0.339 e. The molecule has 0 saturated heterocycles. The highest BCUT2D eigenvalue weighted by atomic mass is 35.5. The van der Waals surface area contributed by atoms with Gasteiger partial charge in [-0.1, -0.05) is 11.6 Å². The maximum absolute atomic E-state index is 11.4. The van der Waals surface area contributed by atoms with Crippen LogP contribution in [0, 0.1) is 0 Å². The molecular weight excluding hydrogens is 218 g/mol. The van der Waals surface area contributed by atoms with Gasteiger partial charge in [-0.05, 0) is 19.9 Å². The number of halogens is 1. The first kappa shape index (κ1) is 11.7. The predicted octanol–water partition coefficient (Wildman–Crippen LogP) is 2.11. The van der Waals surface area contributed by atoms with E-state index in [2.05, 4.69) is 4.98 Å². The van der Waals surface area contributed by atoms with Gasteiger partial charge in [0.25, 0.3) is 0 Å². The SMILES string of the molecule is CC(C)OC(=O)c1cnc(Cl)c(C=O)c1. The van der Waals surface area contributed by atoms with Crippen LogP contribution in [0.3, 0.4) is 0 Å². The van der Waals surface area contributed by atoms with E-state index in [-0.39, 0.29) is 22.4 Å². The monoisotopic (exact) mass is 227 g/mol. The number of hydrogen-bond acceptors (Lipinski definition) is 4. The zero-order valence-electron chi connectivity index (χ0n) is 8.36. The molecule has 0 spiro atoms. The molecule has 0 aliphatic heterocycles. The van der Waals surface area contributed by atoms with Crippen molar-refractivity contribution in [3.63, 3.8) is 0 Å². The van der Waals surface area contributed by atoms with Gasteiger partial charge in [0.15, 0.2) is 6.29 Å². The Morgan fingerprint density at radius 3 is 2.80 bits per heavy atom. The van der Waals surface area contributed by atoms with Gasteiger partial charge in [-0.25, -0.2) is 9.78 Å². The Balaban J connectivity index is 2.95. The van der Waals surface area contributed by atoms with Gasteiger partial charge in [0, 0.05) is 6.20 Å². The fraction of sp³-hybridized carbons (Fsp3) is 0.300. The molecule has 0 amide bonds. The van der Waals surface area contributed by atoms with Crippen LogP contribution in [0.5, 0.6) is 0 Å². The molecule has 1 aromatic heterocycles. The number of pyridine rings is 1. The first-order chi connectivity index (χ1) is 7.04. The Bertz CT molecular complexity index is 390. The normalized spacial score (nSPS) is 10.1. The molecule has 1 aromatic rings. The molecule has 0 aromatic carbocycles. The van der Waals surface area contributed by atoms with E-state index >= 15 is 0 Å². The minimum atomic E-state index is -0.516. The highest BCUT2D eigenvalue weighted by molar-refractivity contribution is 6.31. The molecule has 5 heteroatoms. The van der Waals surface area contributed by atoms with Crippen LogP contribution < -0.4 is 0 Å². The zero-order valence-corrected chi connectivity index (χ0v) is 9.12. The molecule has 0 atom stereocenters. The quantitative estimate of drug-likeness (QED) is 0.451. The summed E-state index contributed by atoms with van der Waals surface area (Å²) in [6.45, 7) is 3.48. The van der Waals surface area contributed by atoms with Gasteiger partial charge in [0.05, 0.1) is 17.2 Å². The highest BCUT2D eigenvalue weighted by Gasteiger charge is 2.12. The van der Waals surface area contributed by atoms with Crippen LogP contribution in [0.25, 0.3) is 0 Å². The third-order valence-corrected chi connectivity index (χ3v) is 1.89. The number of ether oxygens (including phenoxy) is 1. The third-order valence-electron chi connectivity index (χ3n) is 1.57. The van der Waals surface area contributed by atoms with E-state index in [1.807, 2.05) is 0 Å². The Morgan fingerprint density at radius 2 is 2.27 bits per heavy atom. The van der Waals surface area contributed by atoms with Crippen molar-refractivity contribution in [2.75, 3.05) is 0 Å². The lowest BCUT2D eigenvalue weighted by Gasteiger charge is -2.07. The van der Waals surface area contributed by atoms with Gasteiger partial charge in [-0.2, -0.15) is 0 Å². The van der Waals surface area contributed by atoms with Gasteiger partial charge in [-0.15, -0.1) is 0 Å². The van der Waals surface area contributed by atoms with Crippen molar-refractivity contribution < 1.29 is 14.3 Å². The maximum Gasteiger partial charge on any atom is 0.339 e. The number of aromatic nitrogens is 1. The molecule has 80 valence electrons. The average molecular weight is 228 g/mol. The summed E-state index contributed by atoms with van der Waals surface area (Å²) in [5.41, 5.74) is 0.394. The summed E-state index contributed by atoms with van der Waals surface area (Å²) in [6.07, 6.45) is 1.61. The minimum Gasteiger partial charge on any atom is -0.459 e. The number of aldehydes is 1. The molecule has 0 saturated carbocycles. The molecule has 0 unspecified atom stereocenters. The second-order valence-corrected chi connectivity index (χ2v) is 3.53. The number of nitrogens with zero attached hydrogens (tertiary/aromatic N) is 1. The molecule has 15 heavy (non-hydrogen) atoms. The van der Waals surface area contributed by atoms with Crippen molar-refractivity contribution >= 4 is 23.9 Å². The second kappa shape index (κ2) is 4.89. The topological polar surface area (TPSA) is 56.3 Å². The second-order valence-electron chi connectivity index (χ2n) is 3.18. The molecule has 0 radical (unpaired) electrons. The lowest BCUT2D eigenvalue weighted by atomic mass is 10.2. The van der Waals surface area contributed by atoms with Crippen molar-refractivity contribution in [3.8, 4) is 0 Å². The number of esters is 1. The predicted molar refractivity (Wildman–Crippen MR) is 55.2 cm³/mol. The lowest BCUT2D eigenvalue weighted by molar-refractivity contribution is 0.0377. The van der Waals surface area contributed by atoms with Gasteiger partial charge in [0.1, 0.15) is 5.15 Å². The molecule has 0 aliphatic carbocycles. The van der Waals surface area contributed by atoms with Crippen LogP contribution in [-0.4, -0.2) is 23.3 Å². The van der Waals surface area contributed by atoms with E-state index in [0.717, 1.165) is 0 Å². The number of rotatable bonds is 3. The van der Waals surface area contributed by atoms with Crippen LogP contribution in [0.4, 0.5) is 0 Å². The molecule has 4 nitrogen and oxygen atoms in total. The van der Waals surface area contributed by atoms with Crippen LogP contribution >= 0.6 is 11.6 Å². The summed E-state index contributed by atoms with van der Waals surface area (Å²) in [5, 5.41) is 0.0751. The Morgan fingerprint density at radius 1 is 1.60 bits per heavy atom. The molecule has 1 rings (SSSR count). The lowest BCUT2D eigenvalue weighted by Crippen LogP contribution is -2.12. The highest BCUT2D eigenvalue weighted by Crippen LogP contribution is 2.13. The van der Waals surface area contributed by atoms with Gasteiger partial charge in [-0.3, -0.25) is 4.79 Å². The standard InChI is InChI=1S/C10H10ClNO3/c1-6(2)15-10(14)7-3-8(5-13)9(11)12-4-7/h3-6H,1-2H3. The third kappa shape index (κ3) is 3.02. The molecule has 0 fully saturated rings. The molecular formula is C10H10ClNO3. The number of carbonyl (C=O) groups is 2. The fourth-order valence-corrected chi connectivity index (χ4v) is 1.09. The van der Waals surface area contributed by atoms with Gasteiger partial charge in [0.2, 0.25) is 0 Å². The summed E-state index contributed by atoms with van der Waals surface area (Å²) < 4.78 is 4.94. The van der Waals surface area contributed by atoms with Crippen LogP contribution in [0.15, 0.2) is 12.3 Å². The van der Waals surface area contributed by atoms with E-state index in [1.54, 1.807) is 13.8 Å². The minimum absolute atomic E-state index is 0.0751. The van der Waals surface area contributed by atoms with Gasteiger partial charge >= 0.3 is 5.97 Å². The number of hydrogen-bond donors (Lipinski definition) is 0.